The predicted molar refractivity (Wildman–Crippen MR) is 90.7 cm³/mol. The number of benzene rings is 1. The van der Waals surface area contributed by atoms with Crippen LogP contribution in [0.15, 0.2) is 29.2 Å². The normalized spacial score (nSPS) is 18.0. The summed E-state index contributed by atoms with van der Waals surface area (Å²) in [6.45, 7) is 6.96. The smallest absolute Gasteiger partial charge is 0.240 e. The van der Waals surface area contributed by atoms with Crippen molar-refractivity contribution in [2.24, 2.45) is 5.92 Å². The maximum atomic E-state index is 12.4. The Kier molecular flexibility index (Phi) is 6.26. The van der Waals surface area contributed by atoms with Gasteiger partial charge >= 0.3 is 0 Å². The zero-order chi connectivity index (χ0) is 16.2. The molecule has 1 atom stereocenters. The zero-order valence-electron chi connectivity index (χ0n) is 13.3. The molecule has 1 unspecified atom stereocenters. The molecule has 0 radical (unpaired) electrons. The third kappa shape index (κ3) is 4.95. The molecule has 0 saturated carbocycles. The van der Waals surface area contributed by atoms with Gasteiger partial charge in [0.2, 0.25) is 10.0 Å². The van der Waals surface area contributed by atoms with Gasteiger partial charge in [-0.05, 0) is 62.5 Å². The Balaban J connectivity index is 2.02. The average Bonchev–Trinajstić information content (AvgIpc) is 2.97. The highest BCUT2D eigenvalue weighted by molar-refractivity contribution is 7.89. The molecule has 1 fully saturated rings. The second kappa shape index (κ2) is 7.77. The van der Waals surface area contributed by atoms with Crippen LogP contribution in [0.1, 0.15) is 33.1 Å². The van der Waals surface area contributed by atoms with E-state index in [9.17, 15) is 8.42 Å². The Bertz CT molecular complexity index is 566. The molecular formula is C16H25ClN2O2S. The molecule has 1 saturated heterocycles. The van der Waals surface area contributed by atoms with Crippen LogP contribution in [0.2, 0.25) is 5.02 Å². The fourth-order valence-electron chi connectivity index (χ4n) is 2.92. The summed E-state index contributed by atoms with van der Waals surface area (Å²) < 4.78 is 27.5. The van der Waals surface area contributed by atoms with Gasteiger partial charge in [-0.25, -0.2) is 13.1 Å². The van der Waals surface area contributed by atoms with E-state index in [1.807, 2.05) is 0 Å². The van der Waals surface area contributed by atoms with Crippen LogP contribution in [-0.4, -0.2) is 39.0 Å². The van der Waals surface area contributed by atoms with Gasteiger partial charge in [0.15, 0.2) is 0 Å². The summed E-state index contributed by atoms with van der Waals surface area (Å²) in [5.41, 5.74) is 0. The van der Waals surface area contributed by atoms with E-state index < -0.39 is 10.0 Å². The fraction of sp³-hybridized carbons (Fsp3) is 0.625. The molecule has 4 nitrogen and oxygen atoms in total. The van der Waals surface area contributed by atoms with E-state index in [-0.39, 0.29) is 10.9 Å². The van der Waals surface area contributed by atoms with Crippen molar-refractivity contribution in [1.82, 2.24) is 9.62 Å². The van der Waals surface area contributed by atoms with Crippen molar-refractivity contribution < 1.29 is 8.42 Å². The molecule has 0 spiro atoms. The van der Waals surface area contributed by atoms with Gasteiger partial charge in [0.25, 0.3) is 0 Å². The summed E-state index contributed by atoms with van der Waals surface area (Å²) in [4.78, 5) is 2.67. The van der Waals surface area contributed by atoms with Gasteiger partial charge in [-0.3, -0.25) is 4.90 Å². The molecule has 22 heavy (non-hydrogen) atoms. The first-order valence-corrected chi connectivity index (χ1v) is 9.74. The van der Waals surface area contributed by atoms with Crippen LogP contribution in [-0.2, 0) is 10.0 Å². The van der Waals surface area contributed by atoms with Crippen molar-refractivity contribution in [2.75, 3.05) is 19.6 Å². The summed E-state index contributed by atoms with van der Waals surface area (Å²) in [7, 11) is -3.47. The van der Waals surface area contributed by atoms with E-state index in [0.29, 0.717) is 17.5 Å². The monoisotopic (exact) mass is 344 g/mol. The van der Waals surface area contributed by atoms with Crippen LogP contribution < -0.4 is 4.72 Å². The van der Waals surface area contributed by atoms with Crippen molar-refractivity contribution >= 4 is 21.6 Å². The number of sulfonamides is 1. The second-order valence-electron chi connectivity index (χ2n) is 6.33. The number of rotatable bonds is 7. The third-order valence-electron chi connectivity index (χ3n) is 4.03. The minimum absolute atomic E-state index is 0.265. The fourth-order valence-corrected chi connectivity index (χ4v) is 4.11. The summed E-state index contributed by atoms with van der Waals surface area (Å²) in [6.07, 6.45) is 3.42. The molecule has 1 aliphatic heterocycles. The van der Waals surface area contributed by atoms with Gasteiger partial charge in [0.05, 0.1) is 4.90 Å². The van der Waals surface area contributed by atoms with Gasteiger partial charge in [-0.15, -0.1) is 0 Å². The molecule has 1 aromatic carbocycles. The van der Waals surface area contributed by atoms with Crippen LogP contribution in [0, 0.1) is 5.92 Å². The predicted octanol–water partition coefficient (Wildman–Crippen LogP) is 3.13. The number of nitrogens with one attached hydrogen (secondary N) is 1. The minimum atomic E-state index is -3.47. The van der Waals surface area contributed by atoms with E-state index in [0.717, 1.165) is 19.5 Å². The highest BCUT2D eigenvalue weighted by Gasteiger charge is 2.24. The number of likely N-dealkylation sites (tertiary alicyclic amines) is 1. The summed E-state index contributed by atoms with van der Waals surface area (Å²) in [6, 6.07) is 6.55. The average molecular weight is 345 g/mol. The molecule has 0 bridgehead atoms. The molecule has 0 aliphatic carbocycles. The molecule has 2 rings (SSSR count). The molecule has 1 heterocycles. The summed E-state index contributed by atoms with van der Waals surface area (Å²) in [5.74, 6) is 0.547. The summed E-state index contributed by atoms with van der Waals surface area (Å²) >= 11 is 5.81. The Morgan fingerprint density at radius 3 is 2.32 bits per heavy atom. The number of nitrogens with zero attached hydrogens (tertiary/aromatic N) is 1. The molecule has 6 heteroatoms. The molecule has 1 aromatic rings. The third-order valence-corrected chi connectivity index (χ3v) is 5.72. The van der Waals surface area contributed by atoms with Crippen molar-refractivity contribution in [1.29, 1.82) is 0 Å². The van der Waals surface area contributed by atoms with Gasteiger partial charge in [0.1, 0.15) is 0 Å². The standard InChI is InChI=1S/C16H25ClN2O2S/c1-13(2)11-15(19-9-3-4-10-19)12-18-22(20,21)16-7-5-14(17)6-8-16/h5-8,13,15,18H,3-4,9-12H2,1-2H3. The largest absolute Gasteiger partial charge is 0.299 e. The van der Waals surface area contributed by atoms with Gasteiger partial charge in [0, 0.05) is 17.6 Å². The SMILES string of the molecule is CC(C)CC(CNS(=O)(=O)c1ccc(Cl)cc1)N1CCCC1. The first-order chi connectivity index (χ1) is 10.4. The molecule has 124 valence electrons. The van der Waals surface area contributed by atoms with Gasteiger partial charge in [-0.1, -0.05) is 25.4 Å². The van der Waals surface area contributed by atoms with Crippen molar-refractivity contribution in [3.05, 3.63) is 29.3 Å². The lowest BCUT2D eigenvalue weighted by Gasteiger charge is -2.29. The highest BCUT2D eigenvalue weighted by Crippen LogP contribution is 2.19. The van der Waals surface area contributed by atoms with Crippen LogP contribution in [0.5, 0.6) is 0 Å². The molecular weight excluding hydrogens is 320 g/mol. The van der Waals surface area contributed by atoms with E-state index in [4.69, 9.17) is 11.6 Å². The Morgan fingerprint density at radius 1 is 1.18 bits per heavy atom. The Morgan fingerprint density at radius 2 is 1.77 bits per heavy atom. The van der Waals surface area contributed by atoms with E-state index in [1.165, 1.54) is 25.0 Å². The lowest BCUT2D eigenvalue weighted by Crippen LogP contribution is -2.43. The van der Waals surface area contributed by atoms with Crippen LogP contribution >= 0.6 is 11.6 Å². The molecule has 0 aromatic heterocycles. The highest BCUT2D eigenvalue weighted by atomic mass is 35.5. The second-order valence-corrected chi connectivity index (χ2v) is 8.54. The quantitative estimate of drug-likeness (QED) is 0.826. The van der Waals surface area contributed by atoms with Crippen LogP contribution in [0.3, 0.4) is 0 Å². The topological polar surface area (TPSA) is 49.4 Å². The molecule has 0 amide bonds. The Labute approximate surface area is 138 Å². The lowest BCUT2D eigenvalue weighted by molar-refractivity contribution is 0.214. The first kappa shape index (κ1) is 17.7. The van der Waals surface area contributed by atoms with Crippen LogP contribution in [0.25, 0.3) is 0 Å². The number of halogens is 1. The first-order valence-electron chi connectivity index (χ1n) is 7.88. The Hall–Kier alpha value is -0.620. The summed E-state index contributed by atoms with van der Waals surface area (Å²) in [5, 5.41) is 0.536. The maximum absolute atomic E-state index is 12.4. The van der Waals surface area contributed by atoms with E-state index >= 15 is 0 Å². The lowest BCUT2D eigenvalue weighted by atomic mass is 10.0. The van der Waals surface area contributed by atoms with E-state index in [2.05, 4.69) is 23.5 Å². The van der Waals surface area contributed by atoms with Crippen molar-refractivity contribution in [3.63, 3.8) is 0 Å². The van der Waals surface area contributed by atoms with Gasteiger partial charge in [-0.2, -0.15) is 0 Å². The maximum Gasteiger partial charge on any atom is 0.240 e. The molecule has 1 aliphatic rings. The molecule has 1 N–H and O–H groups in total. The van der Waals surface area contributed by atoms with Crippen LogP contribution in [0.4, 0.5) is 0 Å². The van der Waals surface area contributed by atoms with Crippen molar-refractivity contribution in [2.45, 2.75) is 44.0 Å². The zero-order valence-corrected chi connectivity index (χ0v) is 14.8. The number of hydrogen-bond donors (Lipinski definition) is 1. The van der Waals surface area contributed by atoms with Gasteiger partial charge < -0.3 is 0 Å². The van der Waals surface area contributed by atoms with E-state index in [1.54, 1.807) is 12.1 Å². The minimum Gasteiger partial charge on any atom is -0.299 e. The number of hydrogen-bond acceptors (Lipinski definition) is 3. The van der Waals surface area contributed by atoms with Crippen molar-refractivity contribution in [3.8, 4) is 0 Å².